The van der Waals surface area contributed by atoms with Crippen LogP contribution >= 0.6 is 0 Å². The molecule has 0 aliphatic heterocycles. The van der Waals surface area contributed by atoms with Gasteiger partial charge in [0.25, 0.3) is 0 Å². The van der Waals surface area contributed by atoms with Gasteiger partial charge in [0.15, 0.2) is 0 Å². The van der Waals surface area contributed by atoms with E-state index in [0.29, 0.717) is 0 Å². The fourth-order valence-corrected chi connectivity index (χ4v) is 1.88. The van der Waals surface area contributed by atoms with Crippen molar-refractivity contribution < 1.29 is 49.8 Å². The summed E-state index contributed by atoms with van der Waals surface area (Å²) < 4.78 is 1.05. The molecule has 0 heterocycles. The van der Waals surface area contributed by atoms with Crippen molar-refractivity contribution in [3.05, 3.63) is 0 Å². The van der Waals surface area contributed by atoms with E-state index < -0.39 is 12.3 Å². The number of carboxylic acid groups (broad SMARTS) is 4. The molecule has 0 atom stereocenters. The third kappa shape index (κ3) is 31.9. The third-order valence-electron chi connectivity index (χ3n) is 1.55. The van der Waals surface area contributed by atoms with E-state index in [2.05, 4.69) is 19.8 Å². The van der Waals surface area contributed by atoms with Crippen molar-refractivity contribution in [3.63, 3.8) is 0 Å². The summed E-state index contributed by atoms with van der Waals surface area (Å²) in [4.78, 5) is 17.1. The molecule has 0 bridgehead atoms. The first kappa shape index (κ1) is 16.7. The van der Waals surface area contributed by atoms with E-state index in [1.54, 1.807) is 0 Å². The van der Waals surface area contributed by atoms with Crippen LogP contribution in [0, 0.1) is 0 Å². The van der Waals surface area contributed by atoms with Gasteiger partial charge < -0.3 is 20.4 Å². The van der Waals surface area contributed by atoms with E-state index in [1.807, 2.05) is 0 Å². The Morgan fingerprint density at radius 3 is 1.27 bits per heavy atom. The quantitative estimate of drug-likeness (QED) is 0.511. The number of hydrogen-bond donors (Lipinski definition) is 4. The second kappa shape index (κ2) is 11.3. The van der Waals surface area contributed by atoms with Crippen LogP contribution in [0.4, 0.5) is 9.59 Å². The van der Waals surface area contributed by atoms with Gasteiger partial charge in [-0.15, -0.1) is 0 Å². The summed E-state index contributed by atoms with van der Waals surface area (Å²) in [6, 6.07) is 0. The van der Waals surface area contributed by atoms with Crippen LogP contribution in [0.15, 0.2) is 0 Å². The summed E-state index contributed by atoms with van der Waals surface area (Å²) in [5.74, 6) is 0. The summed E-state index contributed by atoms with van der Waals surface area (Å²) in [7, 11) is 0. The fourth-order valence-electron chi connectivity index (χ4n) is 1.07. The van der Waals surface area contributed by atoms with Crippen LogP contribution in [0.2, 0.25) is 4.31 Å². The zero-order valence-electron chi connectivity index (χ0n) is 8.13. The Kier molecular flexibility index (Phi) is 12.5. The molecule has 1 saturated carbocycles. The molecule has 0 saturated heterocycles. The van der Waals surface area contributed by atoms with E-state index in [-0.39, 0.29) is 0 Å². The van der Waals surface area contributed by atoms with Gasteiger partial charge in [-0.1, -0.05) is 0 Å². The number of carbonyl (C=O) groups is 2. The molecular weight excluding hydrogens is 288 g/mol. The Labute approximate surface area is 98.8 Å². The number of rotatable bonds is 0. The molecule has 0 unspecified atom stereocenters. The first-order valence-electron chi connectivity index (χ1n) is 4.35. The van der Waals surface area contributed by atoms with Gasteiger partial charge in [-0.3, -0.25) is 0 Å². The molecule has 1 aliphatic carbocycles. The van der Waals surface area contributed by atoms with Gasteiger partial charge >= 0.3 is 68.5 Å². The molecule has 15 heavy (non-hydrogen) atoms. The number of hydrogen-bond acceptors (Lipinski definition) is 2. The second-order valence-electron chi connectivity index (χ2n) is 2.83. The van der Waals surface area contributed by atoms with Gasteiger partial charge in [-0.05, 0) is 0 Å². The van der Waals surface area contributed by atoms with Crippen LogP contribution in [0.1, 0.15) is 32.1 Å². The standard InChI is InChI=1S/C6H11.2CH2O3.Mo/c1-2-4-6-5-3-1;2*2-1(3)4;/h1H,2-6H2;2*(H2,2,3,4);. The van der Waals surface area contributed by atoms with E-state index in [4.69, 9.17) is 30.0 Å². The minimum absolute atomic E-state index is 1.05. The van der Waals surface area contributed by atoms with Gasteiger partial charge in [-0.25, -0.2) is 9.59 Å². The molecule has 89 valence electrons. The SMILES string of the molecule is O=C(O)O.O=C(O)O.[Mo][CH]1CCCCC1. The van der Waals surface area contributed by atoms with Crippen molar-refractivity contribution in [1.29, 1.82) is 0 Å². The second-order valence-corrected chi connectivity index (χ2v) is 4.46. The average molecular weight is 303 g/mol. The summed E-state index contributed by atoms with van der Waals surface area (Å²) in [5, 5.41) is 27.9. The fraction of sp³-hybridized carbons (Fsp3) is 0.750. The Bertz CT molecular complexity index is 158. The van der Waals surface area contributed by atoms with Gasteiger partial charge in [-0.2, -0.15) is 0 Å². The van der Waals surface area contributed by atoms with Gasteiger partial charge in [0.2, 0.25) is 0 Å². The van der Waals surface area contributed by atoms with E-state index >= 15 is 0 Å². The molecule has 1 aliphatic rings. The van der Waals surface area contributed by atoms with Crippen molar-refractivity contribution in [2.24, 2.45) is 0 Å². The maximum atomic E-state index is 8.56. The van der Waals surface area contributed by atoms with Crippen LogP contribution in [0.5, 0.6) is 0 Å². The minimum atomic E-state index is -1.83. The first-order valence-corrected chi connectivity index (χ1v) is 5.51. The molecule has 4 N–H and O–H groups in total. The molecule has 0 amide bonds. The average Bonchev–Trinajstić information content (AvgIpc) is 2.03. The molecule has 0 radical (unpaired) electrons. The van der Waals surface area contributed by atoms with Crippen LogP contribution in [0.3, 0.4) is 0 Å². The van der Waals surface area contributed by atoms with Crippen LogP contribution in [-0.4, -0.2) is 32.7 Å². The van der Waals surface area contributed by atoms with Crippen molar-refractivity contribution in [2.75, 3.05) is 0 Å². The van der Waals surface area contributed by atoms with E-state index in [9.17, 15) is 0 Å². The molecule has 1 rings (SSSR count). The first-order chi connectivity index (χ1) is 6.86. The zero-order valence-corrected chi connectivity index (χ0v) is 10.1. The van der Waals surface area contributed by atoms with Crippen molar-refractivity contribution in [3.8, 4) is 0 Å². The maximum absolute atomic E-state index is 8.56. The normalized spacial score (nSPS) is 14.9. The Morgan fingerprint density at radius 2 is 1.13 bits per heavy atom. The molecule has 0 aromatic rings. The summed E-state index contributed by atoms with van der Waals surface area (Å²) >= 11 is 2.29. The van der Waals surface area contributed by atoms with E-state index in [0.717, 1.165) is 4.31 Å². The Hall–Kier alpha value is -0.772. The predicted molar refractivity (Wildman–Crippen MR) is 48.1 cm³/mol. The van der Waals surface area contributed by atoms with Gasteiger partial charge in [0.1, 0.15) is 0 Å². The molecule has 0 spiro atoms. The van der Waals surface area contributed by atoms with Crippen LogP contribution < -0.4 is 0 Å². The Balaban J connectivity index is 0. The molecule has 7 heteroatoms. The summed E-state index contributed by atoms with van der Waals surface area (Å²) in [6.07, 6.45) is 3.79. The van der Waals surface area contributed by atoms with Gasteiger partial charge in [0, 0.05) is 0 Å². The zero-order chi connectivity index (χ0) is 12.3. The summed E-state index contributed by atoms with van der Waals surface area (Å²) in [6.45, 7) is 0. The van der Waals surface area contributed by atoms with Crippen molar-refractivity contribution in [1.82, 2.24) is 0 Å². The molecule has 0 aromatic heterocycles. The van der Waals surface area contributed by atoms with Crippen molar-refractivity contribution in [2.45, 2.75) is 36.4 Å². The summed E-state index contributed by atoms with van der Waals surface area (Å²) in [5.41, 5.74) is 0. The molecular formula is C8H15MoO6. The monoisotopic (exact) mass is 305 g/mol. The molecule has 6 nitrogen and oxygen atoms in total. The van der Waals surface area contributed by atoms with Crippen LogP contribution in [-0.2, 0) is 19.8 Å². The molecule has 1 fully saturated rings. The van der Waals surface area contributed by atoms with Gasteiger partial charge in [0.05, 0.1) is 0 Å². The third-order valence-corrected chi connectivity index (χ3v) is 2.71. The Morgan fingerprint density at radius 1 is 0.867 bits per heavy atom. The van der Waals surface area contributed by atoms with Crippen molar-refractivity contribution >= 4 is 12.3 Å². The van der Waals surface area contributed by atoms with E-state index in [1.165, 1.54) is 32.1 Å². The molecule has 0 aromatic carbocycles. The topological polar surface area (TPSA) is 115 Å². The predicted octanol–water partition coefficient (Wildman–Crippen LogP) is 2.73. The van der Waals surface area contributed by atoms with Crippen LogP contribution in [0.25, 0.3) is 0 Å².